The third-order valence-corrected chi connectivity index (χ3v) is 3.75. The average molecular weight is 363 g/mol. The van der Waals surface area contributed by atoms with Crippen molar-refractivity contribution in [1.29, 1.82) is 0 Å². The summed E-state index contributed by atoms with van der Waals surface area (Å²) in [5.41, 5.74) is 1.19. The zero-order chi connectivity index (χ0) is 18.6. The summed E-state index contributed by atoms with van der Waals surface area (Å²) in [4.78, 5) is 34.3. The molecule has 2 aromatic rings. The highest BCUT2D eigenvalue weighted by atomic mass is 35.5. The number of para-hydroxylation sites is 1. The Labute approximate surface area is 148 Å². The largest absolute Gasteiger partial charge is 0.449 e. The summed E-state index contributed by atoms with van der Waals surface area (Å²) < 4.78 is 5.09. The molecule has 0 bridgehead atoms. The smallest absolute Gasteiger partial charge is 0.340 e. The number of nitro groups is 1. The van der Waals surface area contributed by atoms with Gasteiger partial charge < -0.3 is 10.1 Å². The van der Waals surface area contributed by atoms with Crippen LogP contribution in [0.5, 0.6) is 0 Å². The highest BCUT2D eigenvalue weighted by Gasteiger charge is 2.22. The third kappa shape index (κ3) is 4.54. The number of esters is 1. The van der Waals surface area contributed by atoms with E-state index in [0.717, 1.165) is 17.7 Å². The Kier molecular flexibility index (Phi) is 5.71. The second kappa shape index (κ2) is 7.76. The highest BCUT2D eigenvalue weighted by Crippen LogP contribution is 2.23. The lowest BCUT2D eigenvalue weighted by Crippen LogP contribution is -2.30. The number of carbonyl (C=O) groups excluding carboxylic acids is 2. The first-order valence-corrected chi connectivity index (χ1v) is 7.69. The van der Waals surface area contributed by atoms with Crippen LogP contribution in [0, 0.1) is 17.0 Å². The third-order valence-electron chi connectivity index (χ3n) is 3.44. The summed E-state index contributed by atoms with van der Waals surface area (Å²) in [6.07, 6.45) is -1.07. The number of aryl methyl sites for hydroxylation is 1. The molecule has 1 amide bonds. The zero-order valence-electron chi connectivity index (χ0n) is 13.5. The number of anilines is 1. The first-order chi connectivity index (χ1) is 11.8. The summed E-state index contributed by atoms with van der Waals surface area (Å²) in [5.74, 6) is -1.34. The van der Waals surface area contributed by atoms with Crippen molar-refractivity contribution in [1.82, 2.24) is 0 Å². The molecule has 0 fully saturated rings. The van der Waals surface area contributed by atoms with E-state index in [4.69, 9.17) is 16.3 Å². The molecule has 0 saturated carbocycles. The van der Waals surface area contributed by atoms with Gasteiger partial charge >= 0.3 is 5.97 Å². The maximum absolute atomic E-state index is 12.1. The molecule has 0 aliphatic carbocycles. The molecule has 0 radical (unpaired) electrons. The first-order valence-electron chi connectivity index (χ1n) is 7.31. The number of amides is 1. The van der Waals surface area contributed by atoms with Crippen molar-refractivity contribution in [2.45, 2.75) is 20.0 Å². The van der Waals surface area contributed by atoms with E-state index >= 15 is 0 Å². The standard InChI is InChI=1S/C17H15ClN2O5/c1-10-5-3-4-6-15(10)19-16(21)11(2)25-17(22)13-8-7-12(20(23)24)9-14(13)18/h3-9,11H,1-2H3,(H,19,21)/t11-/m1/s1. The molecular formula is C17H15ClN2O5. The monoisotopic (exact) mass is 362 g/mol. The Morgan fingerprint density at radius 3 is 2.52 bits per heavy atom. The van der Waals surface area contributed by atoms with Crippen molar-refractivity contribution in [3.8, 4) is 0 Å². The molecule has 0 heterocycles. The lowest BCUT2D eigenvalue weighted by molar-refractivity contribution is -0.384. The van der Waals surface area contributed by atoms with Gasteiger partial charge in [-0.05, 0) is 31.5 Å². The number of nitrogens with one attached hydrogen (secondary N) is 1. The molecule has 1 N–H and O–H groups in total. The van der Waals surface area contributed by atoms with Crippen LogP contribution in [0.3, 0.4) is 0 Å². The van der Waals surface area contributed by atoms with Crippen molar-refractivity contribution in [3.05, 3.63) is 68.7 Å². The zero-order valence-corrected chi connectivity index (χ0v) is 14.2. The maximum Gasteiger partial charge on any atom is 0.340 e. The van der Waals surface area contributed by atoms with E-state index in [0.29, 0.717) is 5.69 Å². The van der Waals surface area contributed by atoms with E-state index < -0.39 is 22.9 Å². The summed E-state index contributed by atoms with van der Waals surface area (Å²) >= 11 is 5.88. The van der Waals surface area contributed by atoms with Crippen LogP contribution in [-0.2, 0) is 9.53 Å². The molecule has 2 aromatic carbocycles. The van der Waals surface area contributed by atoms with Gasteiger partial charge in [0.15, 0.2) is 6.10 Å². The number of hydrogen-bond donors (Lipinski definition) is 1. The van der Waals surface area contributed by atoms with Gasteiger partial charge in [0, 0.05) is 17.8 Å². The van der Waals surface area contributed by atoms with Crippen LogP contribution in [0.2, 0.25) is 5.02 Å². The van der Waals surface area contributed by atoms with Gasteiger partial charge in [0.25, 0.3) is 11.6 Å². The minimum atomic E-state index is -1.07. The molecule has 1 atom stereocenters. The Hall–Kier alpha value is -2.93. The molecule has 0 spiro atoms. The van der Waals surface area contributed by atoms with Gasteiger partial charge in [0.1, 0.15) is 0 Å². The SMILES string of the molecule is Cc1ccccc1NC(=O)[C@@H](C)OC(=O)c1ccc([N+](=O)[O-])cc1Cl. The second-order valence-corrected chi connectivity index (χ2v) is 5.68. The molecule has 0 aromatic heterocycles. The van der Waals surface area contributed by atoms with Gasteiger partial charge in [-0.25, -0.2) is 4.79 Å². The van der Waals surface area contributed by atoms with E-state index in [1.165, 1.54) is 13.0 Å². The number of benzene rings is 2. The Balaban J connectivity index is 2.06. The summed E-state index contributed by atoms with van der Waals surface area (Å²) in [5, 5.41) is 13.2. The topological polar surface area (TPSA) is 98.5 Å². The Morgan fingerprint density at radius 2 is 1.92 bits per heavy atom. The number of hydrogen-bond acceptors (Lipinski definition) is 5. The van der Waals surface area contributed by atoms with Crippen LogP contribution in [0.25, 0.3) is 0 Å². The van der Waals surface area contributed by atoms with E-state index in [1.54, 1.807) is 12.1 Å². The van der Waals surface area contributed by atoms with Crippen LogP contribution in [0.4, 0.5) is 11.4 Å². The molecule has 0 aliphatic rings. The fourth-order valence-electron chi connectivity index (χ4n) is 2.01. The summed E-state index contributed by atoms with van der Waals surface area (Å²) in [6, 6.07) is 10.6. The van der Waals surface area contributed by atoms with Crippen LogP contribution < -0.4 is 5.32 Å². The minimum absolute atomic E-state index is 0.0530. The molecule has 8 heteroatoms. The van der Waals surface area contributed by atoms with Crippen LogP contribution in [0.1, 0.15) is 22.8 Å². The average Bonchev–Trinajstić information content (AvgIpc) is 2.56. The van der Waals surface area contributed by atoms with Crippen molar-refractivity contribution < 1.29 is 19.2 Å². The molecule has 0 unspecified atom stereocenters. The number of carbonyl (C=O) groups is 2. The molecule has 0 saturated heterocycles. The lowest BCUT2D eigenvalue weighted by Gasteiger charge is -2.15. The minimum Gasteiger partial charge on any atom is -0.449 e. The molecule has 2 rings (SSSR count). The molecule has 25 heavy (non-hydrogen) atoms. The Morgan fingerprint density at radius 1 is 1.24 bits per heavy atom. The van der Waals surface area contributed by atoms with E-state index in [1.807, 2.05) is 19.1 Å². The van der Waals surface area contributed by atoms with E-state index in [9.17, 15) is 19.7 Å². The molecular weight excluding hydrogens is 348 g/mol. The van der Waals surface area contributed by atoms with E-state index in [-0.39, 0.29) is 16.3 Å². The van der Waals surface area contributed by atoms with Crippen LogP contribution in [0.15, 0.2) is 42.5 Å². The van der Waals surface area contributed by atoms with Crippen molar-refractivity contribution >= 4 is 34.9 Å². The predicted octanol–water partition coefficient (Wildman–Crippen LogP) is 3.74. The molecule has 130 valence electrons. The number of nitro benzene ring substituents is 1. The first kappa shape index (κ1) is 18.4. The second-order valence-electron chi connectivity index (χ2n) is 5.27. The summed E-state index contributed by atoms with van der Waals surface area (Å²) in [6.45, 7) is 3.26. The van der Waals surface area contributed by atoms with Crippen molar-refractivity contribution in [3.63, 3.8) is 0 Å². The van der Waals surface area contributed by atoms with Crippen molar-refractivity contribution in [2.75, 3.05) is 5.32 Å². The lowest BCUT2D eigenvalue weighted by atomic mass is 10.2. The fourth-order valence-corrected chi connectivity index (χ4v) is 2.26. The molecule has 7 nitrogen and oxygen atoms in total. The number of nitrogens with zero attached hydrogens (tertiary/aromatic N) is 1. The van der Waals surface area contributed by atoms with Crippen LogP contribution in [-0.4, -0.2) is 22.9 Å². The van der Waals surface area contributed by atoms with Gasteiger partial charge in [-0.3, -0.25) is 14.9 Å². The number of ether oxygens (including phenoxy) is 1. The maximum atomic E-state index is 12.1. The number of rotatable bonds is 5. The van der Waals surface area contributed by atoms with E-state index in [2.05, 4.69) is 5.32 Å². The number of halogens is 1. The van der Waals surface area contributed by atoms with Crippen molar-refractivity contribution in [2.24, 2.45) is 0 Å². The Bertz CT molecular complexity index is 838. The summed E-state index contributed by atoms with van der Waals surface area (Å²) in [7, 11) is 0. The van der Waals surface area contributed by atoms with Gasteiger partial charge in [0.05, 0.1) is 15.5 Å². The van der Waals surface area contributed by atoms with Gasteiger partial charge in [-0.1, -0.05) is 29.8 Å². The normalized spacial score (nSPS) is 11.5. The van der Waals surface area contributed by atoms with Gasteiger partial charge in [-0.15, -0.1) is 0 Å². The van der Waals surface area contributed by atoms with Gasteiger partial charge in [0.2, 0.25) is 0 Å². The predicted molar refractivity (Wildman–Crippen MR) is 92.8 cm³/mol. The quantitative estimate of drug-likeness (QED) is 0.496. The number of non-ortho nitro benzene ring substituents is 1. The fraction of sp³-hybridized carbons (Fsp3) is 0.176. The molecule has 0 aliphatic heterocycles. The highest BCUT2D eigenvalue weighted by molar-refractivity contribution is 6.33. The van der Waals surface area contributed by atoms with Gasteiger partial charge in [-0.2, -0.15) is 0 Å². The van der Waals surface area contributed by atoms with Crippen LogP contribution >= 0.6 is 11.6 Å².